The molecule has 0 unspecified atom stereocenters. The van der Waals surface area contributed by atoms with Gasteiger partial charge in [0.2, 0.25) is 5.91 Å². The summed E-state index contributed by atoms with van der Waals surface area (Å²) in [5.74, 6) is -3.88. The van der Waals surface area contributed by atoms with E-state index in [9.17, 15) is 23.2 Å². The first-order valence-electron chi connectivity index (χ1n) is 8.60. The van der Waals surface area contributed by atoms with Crippen LogP contribution in [0.2, 0.25) is 0 Å². The number of hydrogen-bond donors (Lipinski definition) is 1. The van der Waals surface area contributed by atoms with Crippen molar-refractivity contribution in [2.45, 2.75) is 26.0 Å². The van der Waals surface area contributed by atoms with Crippen LogP contribution < -0.4 is 5.32 Å². The zero-order valence-corrected chi connectivity index (χ0v) is 15.0. The Hall–Kier alpha value is -3.23. The fraction of sp³-hybridized carbons (Fsp3) is 0.316. The van der Waals surface area contributed by atoms with Gasteiger partial charge in [0.1, 0.15) is 23.1 Å². The van der Waals surface area contributed by atoms with Crippen molar-refractivity contribution in [1.29, 1.82) is 0 Å². The van der Waals surface area contributed by atoms with Gasteiger partial charge in [0.15, 0.2) is 6.10 Å². The second kappa shape index (κ2) is 8.20. The van der Waals surface area contributed by atoms with E-state index in [4.69, 9.17) is 9.15 Å². The van der Waals surface area contributed by atoms with E-state index in [1.807, 2.05) is 0 Å². The highest BCUT2D eigenvalue weighted by Crippen LogP contribution is 2.23. The lowest BCUT2D eigenvalue weighted by molar-refractivity contribution is -0.157. The van der Waals surface area contributed by atoms with Crippen molar-refractivity contribution in [1.82, 2.24) is 4.90 Å². The summed E-state index contributed by atoms with van der Waals surface area (Å²) in [4.78, 5) is 37.9. The fourth-order valence-electron chi connectivity index (χ4n) is 2.84. The van der Waals surface area contributed by atoms with E-state index in [1.165, 1.54) is 18.1 Å². The minimum absolute atomic E-state index is 0.0458. The minimum Gasteiger partial charge on any atom is -0.467 e. The lowest BCUT2D eigenvalue weighted by Crippen LogP contribution is -2.33. The Balaban J connectivity index is 1.55. The third kappa shape index (κ3) is 4.36. The van der Waals surface area contributed by atoms with Crippen LogP contribution in [0.5, 0.6) is 0 Å². The zero-order chi connectivity index (χ0) is 20.3. The van der Waals surface area contributed by atoms with Gasteiger partial charge in [-0.15, -0.1) is 0 Å². The van der Waals surface area contributed by atoms with Crippen LogP contribution in [0, 0.1) is 17.6 Å². The van der Waals surface area contributed by atoms with Gasteiger partial charge >= 0.3 is 5.97 Å². The molecule has 1 saturated heterocycles. The van der Waals surface area contributed by atoms with E-state index in [-0.39, 0.29) is 25.4 Å². The number of carbonyl (C=O) groups excluding carboxylic acids is 3. The highest BCUT2D eigenvalue weighted by Gasteiger charge is 2.37. The van der Waals surface area contributed by atoms with Crippen LogP contribution in [-0.2, 0) is 25.7 Å². The number of rotatable bonds is 6. The number of benzene rings is 1. The molecular formula is C19H18F2N2O5. The summed E-state index contributed by atoms with van der Waals surface area (Å²) < 4.78 is 37.5. The Labute approximate surface area is 159 Å². The third-order valence-electron chi connectivity index (χ3n) is 4.35. The monoisotopic (exact) mass is 392 g/mol. The number of esters is 1. The van der Waals surface area contributed by atoms with Gasteiger partial charge < -0.3 is 19.4 Å². The van der Waals surface area contributed by atoms with Gasteiger partial charge in [0.25, 0.3) is 5.91 Å². The lowest BCUT2D eigenvalue weighted by Gasteiger charge is -2.17. The molecule has 2 atom stereocenters. The Bertz CT molecular complexity index is 864. The van der Waals surface area contributed by atoms with Crippen LogP contribution in [0.25, 0.3) is 0 Å². The van der Waals surface area contributed by atoms with Crippen LogP contribution >= 0.6 is 0 Å². The number of nitrogens with one attached hydrogen (secondary N) is 1. The third-order valence-corrected chi connectivity index (χ3v) is 4.35. The molecule has 0 saturated carbocycles. The quantitative estimate of drug-likeness (QED) is 0.763. The molecule has 2 aromatic rings. The van der Waals surface area contributed by atoms with Crippen LogP contribution in [0.3, 0.4) is 0 Å². The SMILES string of the molecule is C[C@@H](OC(=O)[C@H]1CC(=O)N(Cc2ccco2)C1)C(=O)Nc1c(F)cccc1F. The molecule has 1 N–H and O–H groups in total. The highest BCUT2D eigenvalue weighted by molar-refractivity contribution is 5.96. The number of halogens is 2. The van der Waals surface area contributed by atoms with Crippen LogP contribution in [0.4, 0.5) is 14.5 Å². The predicted octanol–water partition coefficient (Wildman–Crippen LogP) is 2.48. The van der Waals surface area contributed by atoms with Gasteiger partial charge in [-0.05, 0) is 31.2 Å². The van der Waals surface area contributed by atoms with E-state index in [0.717, 1.165) is 18.2 Å². The molecule has 0 aliphatic carbocycles. The minimum atomic E-state index is -1.29. The van der Waals surface area contributed by atoms with Crippen LogP contribution in [-0.4, -0.2) is 35.3 Å². The number of ether oxygens (including phenoxy) is 1. The molecule has 2 heterocycles. The van der Waals surface area contributed by atoms with Crippen molar-refractivity contribution in [2.75, 3.05) is 11.9 Å². The predicted molar refractivity (Wildman–Crippen MR) is 92.8 cm³/mol. The van der Waals surface area contributed by atoms with Crippen molar-refractivity contribution >= 4 is 23.5 Å². The van der Waals surface area contributed by atoms with Gasteiger partial charge in [-0.25, -0.2) is 8.78 Å². The first-order chi connectivity index (χ1) is 13.3. The summed E-state index contributed by atoms with van der Waals surface area (Å²) in [6.45, 7) is 1.65. The summed E-state index contributed by atoms with van der Waals surface area (Å²) >= 11 is 0. The standard InChI is InChI=1S/C19H18F2N2O5/c1-11(18(25)22-17-14(20)5-2-6-15(17)21)28-19(26)12-8-16(24)23(9-12)10-13-4-3-7-27-13/h2-7,11-12H,8-10H2,1H3,(H,22,25)/t11-,12+/m1/s1. The number of anilines is 1. The second-order valence-electron chi connectivity index (χ2n) is 6.42. The topological polar surface area (TPSA) is 88.9 Å². The maximum atomic E-state index is 13.6. The maximum absolute atomic E-state index is 13.6. The average Bonchev–Trinajstić information content (AvgIpc) is 3.28. The molecule has 1 aliphatic heterocycles. The van der Waals surface area contributed by atoms with E-state index in [0.29, 0.717) is 5.76 Å². The number of hydrogen-bond acceptors (Lipinski definition) is 5. The van der Waals surface area contributed by atoms with E-state index < -0.39 is 41.2 Å². The highest BCUT2D eigenvalue weighted by atomic mass is 19.1. The number of carbonyl (C=O) groups is 3. The van der Waals surface area contributed by atoms with Crippen molar-refractivity contribution in [3.8, 4) is 0 Å². The Morgan fingerprint density at radius 2 is 2.00 bits per heavy atom. The number of furan rings is 1. The first-order valence-corrected chi connectivity index (χ1v) is 8.60. The molecule has 1 fully saturated rings. The van der Waals surface area contributed by atoms with Gasteiger partial charge in [0, 0.05) is 13.0 Å². The number of likely N-dealkylation sites (tertiary alicyclic amines) is 1. The van der Waals surface area contributed by atoms with Crippen LogP contribution in [0.1, 0.15) is 19.1 Å². The molecule has 3 rings (SSSR count). The summed E-state index contributed by atoms with van der Waals surface area (Å²) in [5, 5.41) is 2.07. The molecule has 1 aliphatic rings. The van der Waals surface area contributed by atoms with Crippen LogP contribution in [0.15, 0.2) is 41.0 Å². The molecule has 2 amide bonds. The Morgan fingerprint density at radius 3 is 2.64 bits per heavy atom. The molecule has 1 aromatic heterocycles. The lowest BCUT2D eigenvalue weighted by atomic mass is 10.1. The smallest absolute Gasteiger partial charge is 0.312 e. The second-order valence-corrected chi connectivity index (χ2v) is 6.42. The van der Waals surface area contributed by atoms with Gasteiger partial charge in [0.05, 0.1) is 18.7 Å². The molecule has 148 valence electrons. The molecule has 28 heavy (non-hydrogen) atoms. The Morgan fingerprint density at radius 1 is 1.29 bits per heavy atom. The fourth-order valence-corrected chi connectivity index (χ4v) is 2.84. The largest absolute Gasteiger partial charge is 0.467 e. The van der Waals surface area contributed by atoms with E-state index in [2.05, 4.69) is 5.32 Å². The summed E-state index contributed by atoms with van der Waals surface area (Å²) in [5.41, 5.74) is -0.615. The molecule has 7 nitrogen and oxygen atoms in total. The van der Waals surface area contributed by atoms with Crippen molar-refractivity contribution in [3.05, 3.63) is 54.0 Å². The number of para-hydroxylation sites is 1. The average molecular weight is 392 g/mol. The molecule has 0 radical (unpaired) electrons. The first kappa shape index (κ1) is 19.5. The maximum Gasteiger partial charge on any atom is 0.312 e. The summed E-state index contributed by atoms with van der Waals surface area (Å²) in [7, 11) is 0. The normalized spacial score (nSPS) is 17.5. The van der Waals surface area contributed by atoms with Gasteiger partial charge in [-0.2, -0.15) is 0 Å². The van der Waals surface area contributed by atoms with Gasteiger partial charge in [-0.3, -0.25) is 14.4 Å². The molecule has 1 aromatic carbocycles. The zero-order valence-electron chi connectivity index (χ0n) is 15.0. The molecular weight excluding hydrogens is 374 g/mol. The molecule has 9 heteroatoms. The van der Waals surface area contributed by atoms with E-state index >= 15 is 0 Å². The number of amides is 2. The van der Waals surface area contributed by atoms with Crippen molar-refractivity contribution < 1.29 is 32.3 Å². The van der Waals surface area contributed by atoms with Crippen molar-refractivity contribution in [2.24, 2.45) is 5.92 Å². The summed E-state index contributed by atoms with van der Waals surface area (Å²) in [6, 6.07) is 6.56. The molecule has 0 spiro atoms. The number of nitrogens with zero attached hydrogens (tertiary/aromatic N) is 1. The molecule has 0 bridgehead atoms. The summed E-state index contributed by atoms with van der Waals surface area (Å²) in [6.07, 6.45) is 0.150. The Kier molecular flexibility index (Phi) is 5.72. The van der Waals surface area contributed by atoms with Crippen molar-refractivity contribution in [3.63, 3.8) is 0 Å². The van der Waals surface area contributed by atoms with Gasteiger partial charge in [-0.1, -0.05) is 6.07 Å². The van der Waals surface area contributed by atoms with E-state index in [1.54, 1.807) is 12.1 Å².